The Bertz CT molecular complexity index is 256. The molecule has 3 aliphatic rings. The van der Waals surface area contributed by atoms with Crippen LogP contribution in [0.4, 0.5) is 0 Å². The Kier molecular flexibility index (Phi) is 3.01. The van der Waals surface area contributed by atoms with Gasteiger partial charge in [0.25, 0.3) is 0 Å². The molecule has 1 nitrogen and oxygen atoms in total. The summed E-state index contributed by atoms with van der Waals surface area (Å²) >= 11 is 0. The van der Waals surface area contributed by atoms with Crippen LogP contribution in [0.1, 0.15) is 72.1 Å². The molecule has 4 atom stereocenters. The van der Waals surface area contributed by atoms with E-state index in [4.69, 9.17) is 0 Å². The number of rotatable bonds is 0. The Hall–Kier alpha value is -0.0400. The summed E-state index contributed by atoms with van der Waals surface area (Å²) in [6, 6.07) is 1.86. The van der Waals surface area contributed by atoms with Gasteiger partial charge in [0.05, 0.1) is 0 Å². The lowest BCUT2D eigenvalue weighted by Gasteiger charge is -2.44. The SMILES string of the molecule is CC(C)(C)N1C2CCCCC2C2CCCCC21. The lowest BCUT2D eigenvalue weighted by Crippen LogP contribution is -2.51. The van der Waals surface area contributed by atoms with Crippen LogP contribution in [0.2, 0.25) is 0 Å². The molecule has 0 spiro atoms. The van der Waals surface area contributed by atoms with Gasteiger partial charge < -0.3 is 0 Å². The summed E-state index contributed by atoms with van der Waals surface area (Å²) in [6.45, 7) is 7.32. The second-order valence-corrected chi connectivity index (χ2v) is 7.61. The van der Waals surface area contributed by atoms with Gasteiger partial charge in [-0.3, -0.25) is 4.90 Å². The molecule has 4 unspecified atom stereocenters. The van der Waals surface area contributed by atoms with E-state index in [0.717, 1.165) is 23.9 Å². The Morgan fingerprint density at radius 1 is 0.706 bits per heavy atom. The molecule has 0 aromatic carbocycles. The predicted octanol–water partition coefficient (Wildman–Crippen LogP) is 4.22. The normalized spacial score (nSPS) is 43.2. The number of nitrogens with zero attached hydrogens (tertiary/aromatic N) is 1. The summed E-state index contributed by atoms with van der Waals surface area (Å²) in [5.41, 5.74) is 0.386. The van der Waals surface area contributed by atoms with Crippen molar-refractivity contribution in [1.82, 2.24) is 4.90 Å². The number of hydrogen-bond acceptors (Lipinski definition) is 1. The fourth-order valence-corrected chi connectivity index (χ4v) is 5.21. The van der Waals surface area contributed by atoms with Gasteiger partial charge in [-0.25, -0.2) is 0 Å². The molecule has 1 aliphatic heterocycles. The summed E-state index contributed by atoms with van der Waals surface area (Å²) in [5, 5.41) is 0. The predicted molar refractivity (Wildman–Crippen MR) is 73.1 cm³/mol. The first kappa shape index (κ1) is 12.0. The zero-order valence-corrected chi connectivity index (χ0v) is 11.9. The zero-order chi connectivity index (χ0) is 12.0. The molecule has 0 aromatic heterocycles. The van der Waals surface area contributed by atoms with E-state index in [2.05, 4.69) is 25.7 Å². The Labute approximate surface area is 107 Å². The van der Waals surface area contributed by atoms with Gasteiger partial charge in [0.15, 0.2) is 0 Å². The molecule has 1 heteroatoms. The zero-order valence-electron chi connectivity index (χ0n) is 11.9. The third-order valence-corrected chi connectivity index (χ3v) is 5.60. The first-order valence-corrected chi connectivity index (χ1v) is 7.87. The number of fused-ring (bicyclic) bond motifs is 3. The standard InChI is InChI=1S/C16H29N/c1-16(2,3)17-14-10-6-4-8-12(14)13-9-5-7-11-15(13)17/h12-15H,4-11H2,1-3H3. The van der Waals surface area contributed by atoms with E-state index in [1.54, 1.807) is 0 Å². The first-order valence-electron chi connectivity index (χ1n) is 7.87. The molecule has 0 amide bonds. The molecular formula is C16H29N. The smallest absolute Gasteiger partial charge is 0.0135 e. The van der Waals surface area contributed by atoms with E-state index in [-0.39, 0.29) is 0 Å². The van der Waals surface area contributed by atoms with Crippen molar-refractivity contribution in [3.05, 3.63) is 0 Å². The Morgan fingerprint density at radius 2 is 1.12 bits per heavy atom. The van der Waals surface area contributed by atoms with Crippen molar-refractivity contribution in [2.45, 2.75) is 89.8 Å². The summed E-state index contributed by atoms with van der Waals surface area (Å²) in [5.74, 6) is 2.10. The van der Waals surface area contributed by atoms with E-state index in [9.17, 15) is 0 Å². The van der Waals surface area contributed by atoms with Crippen LogP contribution < -0.4 is 0 Å². The van der Waals surface area contributed by atoms with Crippen LogP contribution in [0.3, 0.4) is 0 Å². The molecule has 3 rings (SSSR count). The summed E-state index contributed by atoms with van der Waals surface area (Å²) < 4.78 is 0. The van der Waals surface area contributed by atoms with Gasteiger partial charge in [-0.05, 0) is 58.3 Å². The third-order valence-electron chi connectivity index (χ3n) is 5.60. The largest absolute Gasteiger partial charge is 0.292 e. The number of hydrogen-bond donors (Lipinski definition) is 0. The Morgan fingerprint density at radius 3 is 1.53 bits per heavy atom. The Balaban J connectivity index is 1.90. The summed E-state index contributed by atoms with van der Waals surface area (Å²) in [7, 11) is 0. The van der Waals surface area contributed by atoms with Crippen molar-refractivity contribution in [2.24, 2.45) is 11.8 Å². The van der Waals surface area contributed by atoms with Gasteiger partial charge in [0.2, 0.25) is 0 Å². The fraction of sp³-hybridized carbons (Fsp3) is 1.00. The maximum Gasteiger partial charge on any atom is 0.0135 e. The van der Waals surface area contributed by atoms with Crippen LogP contribution in [-0.2, 0) is 0 Å². The van der Waals surface area contributed by atoms with Gasteiger partial charge in [-0.1, -0.05) is 25.7 Å². The van der Waals surface area contributed by atoms with Crippen LogP contribution in [0.25, 0.3) is 0 Å². The van der Waals surface area contributed by atoms with E-state index in [1.165, 1.54) is 51.4 Å². The third kappa shape index (κ3) is 1.95. The molecule has 98 valence electrons. The van der Waals surface area contributed by atoms with Gasteiger partial charge in [0, 0.05) is 17.6 Å². The van der Waals surface area contributed by atoms with Gasteiger partial charge >= 0.3 is 0 Å². The minimum atomic E-state index is 0.386. The van der Waals surface area contributed by atoms with Crippen molar-refractivity contribution < 1.29 is 0 Å². The molecule has 3 fully saturated rings. The summed E-state index contributed by atoms with van der Waals surface area (Å²) in [4.78, 5) is 2.95. The maximum atomic E-state index is 2.95. The maximum absolute atomic E-state index is 2.95. The van der Waals surface area contributed by atoms with Crippen LogP contribution >= 0.6 is 0 Å². The number of likely N-dealkylation sites (tertiary alicyclic amines) is 1. The van der Waals surface area contributed by atoms with Crippen LogP contribution in [0.15, 0.2) is 0 Å². The molecular weight excluding hydrogens is 206 g/mol. The van der Waals surface area contributed by atoms with E-state index < -0.39 is 0 Å². The lowest BCUT2D eigenvalue weighted by atomic mass is 9.73. The van der Waals surface area contributed by atoms with Crippen molar-refractivity contribution in [3.8, 4) is 0 Å². The van der Waals surface area contributed by atoms with Crippen molar-refractivity contribution in [3.63, 3.8) is 0 Å². The molecule has 2 saturated carbocycles. The average Bonchev–Trinajstić information content (AvgIpc) is 2.63. The average molecular weight is 235 g/mol. The van der Waals surface area contributed by atoms with Crippen LogP contribution in [0, 0.1) is 11.8 Å². The quantitative estimate of drug-likeness (QED) is 0.607. The molecule has 0 aromatic rings. The lowest BCUT2D eigenvalue weighted by molar-refractivity contribution is 0.0441. The highest BCUT2D eigenvalue weighted by molar-refractivity contribution is 5.05. The topological polar surface area (TPSA) is 3.24 Å². The fourth-order valence-electron chi connectivity index (χ4n) is 5.21. The monoisotopic (exact) mass is 235 g/mol. The van der Waals surface area contributed by atoms with Crippen molar-refractivity contribution in [1.29, 1.82) is 0 Å². The first-order chi connectivity index (χ1) is 8.09. The molecule has 0 bridgehead atoms. The molecule has 0 N–H and O–H groups in total. The minimum Gasteiger partial charge on any atom is -0.292 e. The molecule has 1 saturated heterocycles. The van der Waals surface area contributed by atoms with E-state index in [0.29, 0.717) is 5.54 Å². The van der Waals surface area contributed by atoms with Crippen molar-refractivity contribution >= 4 is 0 Å². The second kappa shape index (κ2) is 4.26. The molecule has 0 radical (unpaired) electrons. The highest BCUT2D eigenvalue weighted by Gasteiger charge is 2.52. The highest BCUT2D eigenvalue weighted by atomic mass is 15.3. The van der Waals surface area contributed by atoms with Gasteiger partial charge in [-0.15, -0.1) is 0 Å². The second-order valence-electron chi connectivity index (χ2n) is 7.61. The minimum absolute atomic E-state index is 0.386. The highest BCUT2D eigenvalue weighted by Crippen LogP contribution is 2.51. The van der Waals surface area contributed by atoms with Crippen LogP contribution in [0.5, 0.6) is 0 Å². The van der Waals surface area contributed by atoms with Gasteiger partial charge in [-0.2, -0.15) is 0 Å². The molecule has 1 heterocycles. The molecule has 2 aliphatic carbocycles. The van der Waals surface area contributed by atoms with E-state index >= 15 is 0 Å². The van der Waals surface area contributed by atoms with Crippen LogP contribution in [-0.4, -0.2) is 22.5 Å². The van der Waals surface area contributed by atoms with Gasteiger partial charge in [0.1, 0.15) is 0 Å². The molecule has 17 heavy (non-hydrogen) atoms. The van der Waals surface area contributed by atoms with E-state index in [1.807, 2.05) is 0 Å². The summed E-state index contributed by atoms with van der Waals surface area (Å²) in [6.07, 6.45) is 12.0. The van der Waals surface area contributed by atoms with Crippen molar-refractivity contribution in [2.75, 3.05) is 0 Å².